The lowest BCUT2D eigenvalue weighted by Crippen LogP contribution is -2.43. The van der Waals surface area contributed by atoms with Crippen LogP contribution in [0.15, 0.2) is 109 Å². The van der Waals surface area contributed by atoms with Crippen molar-refractivity contribution in [3.05, 3.63) is 115 Å². The molecule has 0 amide bonds. The Morgan fingerprint density at radius 2 is 1.13 bits per heavy atom. The van der Waals surface area contributed by atoms with E-state index in [4.69, 9.17) is 0 Å². The van der Waals surface area contributed by atoms with E-state index in [1.165, 1.54) is 32.9 Å². The molecule has 1 nitrogen and oxygen atoms in total. The highest BCUT2D eigenvalue weighted by Crippen LogP contribution is 2.59. The summed E-state index contributed by atoms with van der Waals surface area (Å²) < 4.78 is 0. The fraction of sp³-hybridized carbons (Fsp3) is 0.172. The highest BCUT2D eigenvalue weighted by atomic mass is 31.2. The lowest BCUT2D eigenvalue weighted by molar-refractivity contribution is 0.855. The number of nitrogens with zero attached hydrogens (tertiary/aromatic N) is 1. The van der Waals surface area contributed by atoms with E-state index in [1.807, 2.05) is 0 Å². The van der Waals surface area contributed by atoms with E-state index in [1.54, 1.807) is 0 Å². The summed E-state index contributed by atoms with van der Waals surface area (Å²) in [6, 6.07) is 40.5. The monoisotopic (exact) mass is 422 g/mol. The van der Waals surface area contributed by atoms with Gasteiger partial charge in [-0.1, -0.05) is 80.6 Å². The van der Waals surface area contributed by atoms with Gasteiger partial charge in [0.25, 0.3) is 0 Å². The largest absolute Gasteiger partial charge is 0.334 e. The summed E-state index contributed by atoms with van der Waals surface area (Å²) in [6.07, 6.45) is 1.14. The zero-order valence-corrected chi connectivity index (χ0v) is 19.2. The van der Waals surface area contributed by atoms with Crippen LogP contribution >= 0.6 is 7.26 Å². The average molecular weight is 423 g/mol. The molecular formula is C29H29NP+. The minimum absolute atomic E-state index is 0.494. The van der Waals surface area contributed by atoms with Crippen molar-refractivity contribution in [1.29, 1.82) is 0 Å². The van der Waals surface area contributed by atoms with Gasteiger partial charge in [-0.2, -0.15) is 0 Å². The maximum Gasteiger partial charge on any atom is 0.128 e. The molecule has 0 N–H and O–H groups in total. The van der Waals surface area contributed by atoms with Crippen molar-refractivity contribution < 1.29 is 0 Å². The molecule has 0 spiro atoms. The standard InChI is InChI=1S/C29H29NP/c1-23(2)26-17-9-10-18-27(26)30-21-22-31(24-13-5-3-6-14-24,25-15-7-4-8-16-25)29-20-12-11-19-28(29)30/h3-20,23H,21-22H2,1-2H3/q+1. The minimum atomic E-state index is -1.72. The SMILES string of the molecule is CC(C)c1ccccc1N1CC[P+](c2ccccc2)(c2ccccc2)c2ccccc21. The van der Waals surface area contributed by atoms with Crippen molar-refractivity contribution in [1.82, 2.24) is 0 Å². The summed E-state index contributed by atoms with van der Waals surface area (Å²) >= 11 is 0. The number of rotatable bonds is 4. The highest BCUT2D eigenvalue weighted by molar-refractivity contribution is 7.96. The smallest absolute Gasteiger partial charge is 0.128 e. The lowest BCUT2D eigenvalue weighted by Gasteiger charge is -2.39. The Hall–Kier alpha value is -2.89. The van der Waals surface area contributed by atoms with Crippen LogP contribution in [0.25, 0.3) is 0 Å². The van der Waals surface area contributed by atoms with E-state index in [-0.39, 0.29) is 0 Å². The molecule has 1 heterocycles. The van der Waals surface area contributed by atoms with Gasteiger partial charge in [-0.05, 0) is 53.9 Å². The molecule has 0 bridgehead atoms. The Bertz CT molecular complexity index is 1130. The summed E-state index contributed by atoms with van der Waals surface area (Å²) in [4.78, 5) is 2.56. The molecule has 0 radical (unpaired) electrons. The van der Waals surface area contributed by atoms with Crippen LogP contribution in [0, 0.1) is 0 Å². The van der Waals surface area contributed by atoms with Gasteiger partial charge >= 0.3 is 0 Å². The van der Waals surface area contributed by atoms with Crippen molar-refractivity contribution in [2.75, 3.05) is 17.6 Å². The molecule has 31 heavy (non-hydrogen) atoms. The number of para-hydroxylation sites is 2. The van der Waals surface area contributed by atoms with Crippen LogP contribution in [0.2, 0.25) is 0 Å². The topological polar surface area (TPSA) is 3.24 Å². The Kier molecular flexibility index (Phi) is 5.38. The zero-order valence-electron chi connectivity index (χ0n) is 18.3. The van der Waals surface area contributed by atoms with Crippen molar-refractivity contribution in [3.63, 3.8) is 0 Å². The van der Waals surface area contributed by atoms with Gasteiger partial charge in [-0.3, -0.25) is 0 Å². The first-order valence-corrected chi connectivity index (χ1v) is 13.1. The van der Waals surface area contributed by atoms with Gasteiger partial charge in [-0.25, -0.2) is 0 Å². The first-order chi connectivity index (χ1) is 15.2. The lowest BCUT2D eigenvalue weighted by atomic mass is 10.00. The summed E-state index contributed by atoms with van der Waals surface area (Å²) in [5, 5.41) is 4.45. The Balaban J connectivity index is 1.76. The molecule has 1 aliphatic rings. The van der Waals surface area contributed by atoms with E-state index in [0.717, 1.165) is 12.7 Å². The number of benzene rings is 4. The van der Waals surface area contributed by atoms with Crippen LogP contribution in [0.4, 0.5) is 11.4 Å². The molecular weight excluding hydrogens is 393 g/mol. The van der Waals surface area contributed by atoms with Crippen LogP contribution in [-0.4, -0.2) is 12.7 Å². The maximum atomic E-state index is 2.56. The van der Waals surface area contributed by atoms with Gasteiger partial charge in [0.1, 0.15) is 23.2 Å². The summed E-state index contributed by atoms with van der Waals surface area (Å²) in [6.45, 7) is 5.61. The summed E-state index contributed by atoms with van der Waals surface area (Å²) in [7, 11) is -1.72. The third-order valence-electron chi connectivity index (χ3n) is 6.49. The van der Waals surface area contributed by atoms with Gasteiger partial charge in [0.05, 0.1) is 18.4 Å². The van der Waals surface area contributed by atoms with E-state index in [9.17, 15) is 0 Å². The van der Waals surface area contributed by atoms with E-state index in [0.29, 0.717) is 5.92 Å². The van der Waals surface area contributed by atoms with Crippen molar-refractivity contribution in [2.24, 2.45) is 0 Å². The van der Waals surface area contributed by atoms with Crippen LogP contribution in [0.3, 0.4) is 0 Å². The predicted molar refractivity (Wildman–Crippen MR) is 138 cm³/mol. The molecule has 0 aromatic heterocycles. The molecule has 0 atom stereocenters. The molecule has 4 aromatic carbocycles. The molecule has 5 rings (SSSR count). The summed E-state index contributed by atoms with van der Waals surface area (Å²) in [5.74, 6) is 0.494. The van der Waals surface area contributed by atoms with Crippen LogP contribution in [-0.2, 0) is 0 Å². The number of fused-ring (bicyclic) bond motifs is 1. The maximum absolute atomic E-state index is 2.56. The molecule has 1 aliphatic heterocycles. The quantitative estimate of drug-likeness (QED) is 0.351. The fourth-order valence-corrected chi connectivity index (χ4v) is 9.43. The molecule has 4 aromatic rings. The van der Waals surface area contributed by atoms with Gasteiger partial charge < -0.3 is 4.90 Å². The molecule has 0 aliphatic carbocycles. The first kappa shape index (κ1) is 20.0. The van der Waals surface area contributed by atoms with Gasteiger partial charge in [0.15, 0.2) is 0 Å². The molecule has 0 saturated heterocycles. The third-order valence-corrected chi connectivity index (χ3v) is 10.9. The zero-order chi connectivity index (χ0) is 21.3. The second-order valence-corrected chi connectivity index (χ2v) is 12.1. The fourth-order valence-electron chi connectivity index (χ4n) is 5.03. The number of hydrogen-bond donors (Lipinski definition) is 0. The molecule has 0 unspecified atom stereocenters. The highest BCUT2D eigenvalue weighted by Gasteiger charge is 2.50. The summed E-state index contributed by atoms with van der Waals surface area (Å²) in [5.41, 5.74) is 4.13. The molecule has 2 heteroatoms. The van der Waals surface area contributed by atoms with Crippen molar-refractivity contribution in [2.45, 2.75) is 19.8 Å². The van der Waals surface area contributed by atoms with Crippen molar-refractivity contribution in [3.8, 4) is 0 Å². The second kappa shape index (κ2) is 8.33. The predicted octanol–water partition coefficient (Wildman–Crippen LogP) is 6.26. The van der Waals surface area contributed by atoms with E-state index in [2.05, 4.69) is 128 Å². The minimum Gasteiger partial charge on any atom is -0.334 e. The second-order valence-electron chi connectivity index (χ2n) is 8.56. The van der Waals surface area contributed by atoms with Crippen LogP contribution < -0.4 is 20.8 Å². The number of hydrogen-bond acceptors (Lipinski definition) is 1. The van der Waals surface area contributed by atoms with Gasteiger partial charge in [-0.15, -0.1) is 0 Å². The molecule has 0 saturated carbocycles. The third kappa shape index (κ3) is 3.38. The number of anilines is 2. The van der Waals surface area contributed by atoms with E-state index < -0.39 is 7.26 Å². The van der Waals surface area contributed by atoms with Gasteiger partial charge in [0, 0.05) is 5.69 Å². The van der Waals surface area contributed by atoms with Crippen LogP contribution in [0.1, 0.15) is 25.3 Å². The normalized spacial score (nSPS) is 15.0. The van der Waals surface area contributed by atoms with Gasteiger partial charge in [0.2, 0.25) is 0 Å². The van der Waals surface area contributed by atoms with Crippen molar-refractivity contribution >= 4 is 34.6 Å². The molecule has 154 valence electrons. The Morgan fingerprint density at radius 3 is 1.74 bits per heavy atom. The first-order valence-electron chi connectivity index (χ1n) is 11.2. The Labute approximate surface area is 186 Å². The Morgan fingerprint density at radius 1 is 0.613 bits per heavy atom. The average Bonchev–Trinajstić information content (AvgIpc) is 2.84. The molecule has 0 fully saturated rings. The van der Waals surface area contributed by atoms with E-state index >= 15 is 0 Å². The van der Waals surface area contributed by atoms with Crippen LogP contribution in [0.5, 0.6) is 0 Å².